The molecule has 3 rings (SSSR count). The van der Waals surface area contributed by atoms with Crippen LogP contribution in [0.2, 0.25) is 0 Å². The number of aliphatic imine (C=N–C) groups is 1. The van der Waals surface area contributed by atoms with E-state index in [9.17, 15) is 5.11 Å². The highest BCUT2D eigenvalue weighted by molar-refractivity contribution is 14.0. The topological polar surface area (TPSA) is 69.1 Å². The highest BCUT2D eigenvalue weighted by atomic mass is 127. The van der Waals surface area contributed by atoms with Crippen LogP contribution in [0.3, 0.4) is 0 Å². The Kier molecular flexibility index (Phi) is 10.4. The lowest BCUT2D eigenvalue weighted by Gasteiger charge is -2.38. The van der Waals surface area contributed by atoms with Gasteiger partial charge in [-0.15, -0.1) is 24.0 Å². The van der Waals surface area contributed by atoms with Crippen molar-refractivity contribution >= 4 is 29.9 Å². The van der Waals surface area contributed by atoms with Gasteiger partial charge in [0, 0.05) is 37.3 Å². The molecule has 1 aliphatic heterocycles. The minimum absolute atomic E-state index is 0. The average Bonchev–Trinajstić information content (AvgIpc) is 2.75. The fourth-order valence-electron chi connectivity index (χ4n) is 3.94. The molecule has 0 spiro atoms. The van der Waals surface area contributed by atoms with Crippen LogP contribution in [0.5, 0.6) is 11.5 Å². The summed E-state index contributed by atoms with van der Waals surface area (Å²) in [7, 11) is 1.55. The van der Waals surface area contributed by atoms with Crippen LogP contribution in [0.15, 0.2) is 53.5 Å². The zero-order valence-electron chi connectivity index (χ0n) is 18.7. The van der Waals surface area contributed by atoms with Gasteiger partial charge in [0.1, 0.15) is 0 Å². The third kappa shape index (κ3) is 7.28. The van der Waals surface area contributed by atoms with Crippen molar-refractivity contribution in [2.75, 3.05) is 20.2 Å². The quantitative estimate of drug-likeness (QED) is 0.281. The van der Waals surface area contributed by atoms with E-state index < -0.39 is 0 Å². The highest BCUT2D eigenvalue weighted by Crippen LogP contribution is 2.29. The number of phenolic OH excluding ortho intramolecular Hbond substituents is 1. The summed E-state index contributed by atoms with van der Waals surface area (Å²) in [5, 5.41) is 17.2. The number of hydrogen-bond acceptors (Lipinski definition) is 4. The van der Waals surface area contributed by atoms with Crippen molar-refractivity contribution in [2.24, 2.45) is 4.99 Å². The van der Waals surface area contributed by atoms with Crippen molar-refractivity contribution in [1.82, 2.24) is 15.5 Å². The number of nitrogens with one attached hydrogen (secondary N) is 2. The first-order valence-electron chi connectivity index (χ1n) is 10.8. The summed E-state index contributed by atoms with van der Waals surface area (Å²) in [5.74, 6) is 1.41. The van der Waals surface area contributed by atoms with Crippen LogP contribution >= 0.6 is 24.0 Å². The second-order valence-electron chi connectivity index (χ2n) is 7.83. The van der Waals surface area contributed by atoms with Gasteiger partial charge in [-0.05, 0) is 38.3 Å². The molecule has 1 aliphatic rings. The molecule has 0 bridgehead atoms. The Morgan fingerprint density at radius 2 is 1.97 bits per heavy atom. The number of ether oxygens (including phenoxy) is 1. The number of nitrogens with zero attached hydrogens (tertiary/aromatic N) is 2. The molecule has 1 saturated heterocycles. The smallest absolute Gasteiger partial charge is 0.191 e. The van der Waals surface area contributed by atoms with Crippen molar-refractivity contribution < 1.29 is 9.84 Å². The summed E-state index contributed by atoms with van der Waals surface area (Å²) in [4.78, 5) is 7.24. The van der Waals surface area contributed by atoms with E-state index in [-0.39, 0.29) is 29.7 Å². The van der Waals surface area contributed by atoms with Gasteiger partial charge >= 0.3 is 0 Å². The lowest BCUT2D eigenvalue weighted by molar-refractivity contribution is 0.134. The van der Waals surface area contributed by atoms with Crippen LogP contribution in [-0.2, 0) is 13.1 Å². The Balaban J connectivity index is 0.00000341. The van der Waals surface area contributed by atoms with Crippen molar-refractivity contribution in [3.63, 3.8) is 0 Å². The van der Waals surface area contributed by atoms with Gasteiger partial charge in [-0.25, -0.2) is 4.99 Å². The van der Waals surface area contributed by atoms with Gasteiger partial charge in [0.15, 0.2) is 17.5 Å². The number of aromatic hydroxyl groups is 1. The molecule has 6 nitrogen and oxygen atoms in total. The fraction of sp³-hybridized carbons (Fsp3) is 0.458. The summed E-state index contributed by atoms with van der Waals surface area (Å²) in [5.41, 5.74) is 2.11. The van der Waals surface area contributed by atoms with E-state index in [1.807, 2.05) is 12.1 Å². The van der Waals surface area contributed by atoms with Crippen LogP contribution in [0, 0.1) is 0 Å². The SMILES string of the molecule is CCNC(=NCc1cccc(OC)c1O)NC1CCN(Cc2ccccc2)C(C)C1.I. The molecule has 7 heteroatoms. The van der Waals surface area contributed by atoms with Crippen LogP contribution in [0.1, 0.15) is 37.8 Å². The Morgan fingerprint density at radius 3 is 2.65 bits per heavy atom. The van der Waals surface area contributed by atoms with Crippen molar-refractivity contribution in [3.8, 4) is 11.5 Å². The number of methoxy groups -OCH3 is 1. The van der Waals surface area contributed by atoms with E-state index in [0.717, 1.165) is 44.0 Å². The number of piperidine rings is 1. The molecule has 0 saturated carbocycles. The molecule has 1 fully saturated rings. The first kappa shape index (κ1) is 25.3. The molecule has 2 aromatic carbocycles. The maximum Gasteiger partial charge on any atom is 0.191 e. The molecule has 3 N–H and O–H groups in total. The predicted octanol–water partition coefficient (Wildman–Crippen LogP) is 4.13. The number of rotatable bonds is 7. The van der Waals surface area contributed by atoms with Crippen LogP contribution < -0.4 is 15.4 Å². The minimum atomic E-state index is 0. The largest absolute Gasteiger partial charge is 0.504 e. The summed E-state index contributed by atoms with van der Waals surface area (Å²) in [6.45, 7) is 7.60. The average molecular weight is 538 g/mol. The summed E-state index contributed by atoms with van der Waals surface area (Å²) in [6.07, 6.45) is 2.15. The molecule has 2 aromatic rings. The zero-order chi connectivity index (χ0) is 21.3. The number of benzene rings is 2. The van der Waals surface area contributed by atoms with E-state index in [1.165, 1.54) is 5.56 Å². The van der Waals surface area contributed by atoms with E-state index in [2.05, 4.69) is 59.7 Å². The molecule has 0 radical (unpaired) electrons. The van der Waals surface area contributed by atoms with Crippen LogP contribution in [-0.4, -0.2) is 48.2 Å². The Labute approximate surface area is 203 Å². The van der Waals surface area contributed by atoms with Gasteiger partial charge in [-0.3, -0.25) is 4.90 Å². The van der Waals surface area contributed by atoms with Crippen LogP contribution in [0.25, 0.3) is 0 Å². The first-order chi connectivity index (χ1) is 14.6. The van der Waals surface area contributed by atoms with E-state index in [4.69, 9.17) is 9.73 Å². The van der Waals surface area contributed by atoms with Gasteiger partial charge in [-0.1, -0.05) is 42.5 Å². The van der Waals surface area contributed by atoms with Crippen molar-refractivity contribution in [1.29, 1.82) is 0 Å². The zero-order valence-corrected chi connectivity index (χ0v) is 21.0. The number of phenols is 1. The number of halogens is 1. The van der Waals surface area contributed by atoms with Gasteiger partial charge in [0.25, 0.3) is 0 Å². The second kappa shape index (κ2) is 12.8. The molecule has 31 heavy (non-hydrogen) atoms. The second-order valence-corrected chi connectivity index (χ2v) is 7.83. The number of hydrogen-bond donors (Lipinski definition) is 3. The molecular weight excluding hydrogens is 503 g/mol. The number of para-hydroxylation sites is 1. The highest BCUT2D eigenvalue weighted by Gasteiger charge is 2.26. The third-order valence-electron chi connectivity index (χ3n) is 5.64. The van der Waals surface area contributed by atoms with E-state index in [0.29, 0.717) is 24.4 Å². The maximum absolute atomic E-state index is 10.3. The van der Waals surface area contributed by atoms with Gasteiger partial charge in [-0.2, -0.15) is 0 Å². The predicted molar refractivity (Wildman–Crippen MR) is 137 cm³/mol. The Morgan fingerprint density at radius 1 is 1.19 bits per heavy atom. The van der Waals surface area contributed by atoms with E-state index >= 15 is 0 Å². The van der Waals surface area contributed by atoms with Crippen molar-refractivity contribution in [2.45, 2.75) is 51.9 Å². The summed E-state index contributed by atoms with van der Waals surface area (Å²) >= 11 is 0. The fourth-order valence-corrected chi connectivity index (χ4v) is 3.94. The van der Waals surface area contributed by atoms with E-state index in [1.54, 1.807) is 13.2 Å². The summed E-state index contributed by atoms with van der Waals surface area (Å²) < 4.78 is 5.19. The van der Waals surface area contributed by atoms with Gasteiger partial charge in [0.05, 0.1) is 13.7 Å². The first-order valence-corrected chi connectivity index (χ1v) is 10.8. The lowest BCUT2D eigenvalue weighted by atomic mass is 9.97. The van der Waals surface area contributed by atoms with Crippen LogP contribution in [0.4, 0.5) is 0 Å². The lowest BCUT2D eigenvalue weighted by Crippen LogP contribution is -2.51. The maximum atomic E-state index is 10.3. The standard InChI is InChI=1S/C24H34N4O2.HI/c1-4-25-24(26-16-20-11-8-12-22(30-3)23(20)29)27-21-13-14-28(18(2)15-21)17-19-9-6-5-7-10-19;/h5-12,18,21,29H,4,13-17H2,1-3H3,(H2,25,26,27);1H. The monoisotopic (exact) mass is 538 g/mol. The molecule has 0 aromatic heterocycles. The Hall–Kier alpha value is -2.00. The number of guanidine groups is 1. The molecule has 2 atom stereocenters. The van der Waals surface area contributed by atoms with Crippen molar-refractivity contribution in [3.05, 3.63) is 59.7 Å². The van der Waals surface area contributed by atoms with Gasteiger partial charge < -0.3 is 20.5 Å². The molecule has 170 valence electrons. The Bertz CT molecular complexity index is 832. The van der Waals surface area contributed by atoms with Gasteiger partial charge in [0.2, 0.25) is 0 Å². The molecule has 2 unspecified atom stereocenters. The molecular formula is C24H35IN4O2. The molecule has 0 amide bonds. The number of likely N-dealkylation sites (tertiary alicyclic amines) is 1. The molecule has 1 heterocycles. The minimum Gasteiger partial charge on any atom is -0.504 e. The molecule has 0 aliphatic carbocycles. The summed E-state index contributed by atoms with van der Waals surface area (Å²) in [6, 6.07) is 17.0. The normalized spacial score (nSPS) is 19.4. The third-order valence-corrected chi connectivity index (χ3v) is 5.64.